The predicted molar refractivity (Wildman–Crippen MR) is 75.3 cm³/mol. The van der Waals surface area contributed by atoms with Gasteiger partial charge in [-0.25, -0.2) is 0 Å². The third kappa shape index (κ3) is 3.14. The van der Waals surface area contributed by atoms with Crippen molar-refractivity contribution in [3.8, 4) is 0 Å². The average molecular weight is 244 g/mol. The summed E-state index contributed by atoms with van der Waals surface area (Å²) in [5, 5.41) is 3.78. The van der Waals surface area contributed by atoms with Gasteiger partial charge in [-0.1, -0.05) is 13.8 Å². The van der Waals surface area contributed by atoms with Crippen molar-refractivity contribution in [1.82, 2.24) is 10.2 Å². The van der Waals surface area contributed by atoms with Crippen molar-refractivity contribution in [1.29, 1.82) is 0 Å². The van der Waals surface area contributed by atoms with Crippen LogP contribution in [0.5, 0.6) is 0 Å². The van der Waals surface area contributed by atoms with Crippen molar-refractivity contribution < 1.29 is 0 Å². The van der Waals surface area contributed by atoms with Crippen LogP contribution in [-0.2, 0) is 0 Å². The Balaban J connectivity index is 2.68. The lowest BCUT2D eigenvalue weighted by Gasteiger charge is -2.52. The molecule has 3 heteroatoms. The molecule has 1 aliphatic heterocycles. The highest BCUT2D eigenvalue weighted by Gasteiger charge is 2.40. The minimum Gasteiger partial charge on any atom is -0.308 e. The van der Waals surface area contributed by atoms with Crippen molar-refractivity contribution in [2.24, 2.45) is 0 Å². The van der Waals surface area contributed by atoms with E-state index in [0.717, 1.165) is 6.54 Å². The maximum atomic E-state index is 3.78. The van der Waals surface area contributed by atoms with Gasteiger partial charge in [0.2, 0.25) is 0 Å². The van der Waals surface area contributed by atoms with E-state index in [-0.39, 0.29) is 0 Å². The molecule has 0 aromatic heterocycles. The third-order valence-corrected chi connectivity index (χ3v) is 4.76. The fraction of sp³-hybridized carbons (Fsp3) is 1.00. The summed E-state index contributed by atoms with van der Waals surface area (Å²) in [7, 11) is 0. The van der Waals surface area contributed by atoms with Crippen LogP contribution in [-0.4, -0.2) is 47.6 Å². The quantitative estimate of drug-likeness (QED) is 0.800. The number of nitrogens with zero attached hydrogens (tertiary/aromatic N) is 1. The van der Waals surface area contributed by atoms with Gasteiger partial charge in [-0.3, -0.25) is 4.90 Å². The van der Waals surface area contributed by atoms with Crippen molar-refractivity contribution in [3.63, 3.8) is 0 Å². The van der Waals surface area contributed by atoms with Crippen molar-refractivity contribution >= 4 is 11.8 Å². The zero-order valence-corrected chi connectivity index (χ0v) is 12.4. The van der Waals surface area contributed by atoms with Crippen LogP contribution in [0.15, 0.2) is 0 Å². The Bertz CT molecular complexity index is 212. The predicted octanol–water partition coefficient (Wildman–Crippen LogP) is 2.59. The molecule has 0 atom stereocenters. The topological polar surface area (TPSA) is 15.3 Å². The molecule has 2 nitrogen and oxygen atoms in total. The summed E-state index contributed by atoms with van der Waals surface area (Å²) >= 11 is 1.95. The SMILES string of the molecule is CCC1(CC)CN(CCSC)C(C)(C)CN1. The first-order valence-electron chi connectivity index (χ1n) is 6.48. The molecular weight excluding hydrogens is 216 g/mol. The van der Waals surface area contributed by atoms with E-state index in [2.05, 4.69) is 44.2 Å². The van der Waals surface area contributed by atoms with Gasteiger partial charge in [0.15, 0.2) is 0 Å². The van der Waals surface area contributed by atoms with Gasteiger partial charge >= 0.3 is 0 Å². The molecule has 0 aromatic carbocycles. The molecule has 0 spiro atoms. The van der Waals surface area contributed by atoms with Gasteiger partial charge in [0.05, 0.1) is 0 Å². The molecule has 0 amide bonds. The highest BCUT2D eigenvalue weighted by atomic mass is 32.2. The Morgan fingerprint density at radius 3 is 2.38 bits per heavy atom. The summed E-state index contributed by atoms with van der Waals surface area (Å²) in [6, 6.07) is 0. The largest absolute Gasteiger partial charge is 0.308 e. The molecule has 0 bridgehead atoms. The molecule has 0 saturated carbocycles. The second kappa shape index (κ2) is 5.74. The minimum absolute atomic E-state index is 0.309. The summed E-state index contributed by atoms with van der Waals surface area (Å²) in [5.41, 5.74) is 0.664. The number of hydrogen-bond acceptors (Lipinski definition) is 3. The van der Waals surface area contributed by atoms with Gasteiger partial charge in [0.25, 0.3) is 0 Å². The number of hydrogen-bond donors (Lipinski definition) is 1. The lowest BCUT2D eigenvalue weighted by Crippen LogP contribution is -2.68. The van der Waals surface area contributed by atoms with E-state index in [9.17, 15) is 0 Å². The van der Waals surface area contributed by atoms with Crippen LogP contribution >= 0.6 is 11.8 Å². The molecule has 1 aliphatic rings. The molecule has 16 heavy (non-hydrogen) atoms. The van der Waals surface area contributed by atoms with Crippen molar-refractivity contribution in [2.75, 3.05) is 31.6 Å². The first-order valence-corrected chi connectivity index (χ1v) is 7.88. The van der Waals surface area contributed by atoms with Crippen LogP contribution < -0.4 is 5.32 Å². The van der Waals surface area contributed by atoms with E-state index in [0.29, 0.717) is 11.1 Å². The second-order valence-electron chi connectivity index (χ2n) is 5.57. The summed E-state index contributed by atoms with van der Waals surface area (Å²) in [6.07, 6.45) is 4.66. The fourth-order valence-electron chi connectivity index (χ4n) is 2.46. The first kappa shape index (κ1) is 14.3. The molecule has 0 radical (unpaired) electrons. The van der Waals surface area contributed by atoms with E-state index in [1.54, 1.807) is 0 Å². The van der Waals surface area contributed by atoms with E-state index in [4.69, 9.17) is 0 Å². The molecular formula is C13H28N2S. The molecule has 96 valence electrons. The van der Waals surface area contributed by atoms with Crippen LogP contribution in [0.3, 0.4) is 0 Å². The van der Waals surface area contributed by atoms with Gasteiger partial charge in [-0.2, -0.15) is 11.8 Å². The summed E-state index contributed by atoms with van der Waals surface area (Å²) in [6.45, 7) is 12.9. The average Bonchev–Trinajstić information content (AvgIpc) is 2.28. The molecule has 0 aromatic rings. The van der Waals surface area contributed by atoms with E-state index in [1.807, 2.05) is 11.8 Å². The van der Waals surface area contributed by atoms with Crippen LogP contribution in [0.2, 0.25) is 0 Å². The van der Waals surface area contributed by atoms with Crippen LogP contribution in [0.4, 0.5) is 0 Å². The zero-order chi connectivity index (χ0) is 12.2. The molecule has 0 unspecified atom stereocenters. The highest BCUT2D eigenvalue weighted by Crippen LogP contribution is 2.27. The normalized spacial score (nSPS) is 24.6. The van der Waals surface area contributed by atoms with Gasteiger partial charge in [0, 0.05) is 36.5 Å². The van der Waals surface area contributed by atoms with Crippen LogP contribution in [0, 0.1) is 0 Å². The molecule has 1 rings (SSSR count). The monoisotopic (exact) mass is 244 g/mol. The number of thioether (sulfide) groups is 1. The number of piperazine rings is 1. The fourth-order valence-corrected chi connectivity index (χ4v) is 2.86. The Kier molecular flexibility index (Phi) is 5.14. The molecule has 1 heterocycles. The lowest BCUT2D eigenvalue weighted by molar-refractivity contribution is 0.0279. The zero-order valence-electron chi connectivity index (χ0n) is 11.6. The van der Waals surface area contributed by atoms with E-state index in [1.165, 1.54) is 31.7 Å². The van der Waals surface area contributed by atoms with Crippen molar-refractivity contribution in [3.05, 3.63) is 0 Å². The summed E-state index contributed by atoms with van der Waals surface area (Å²) < 4.78 is 0. The second-order valence-corrected chi connectivity index (χ2v) is 6.55. The third-order valence-electron chi connectivity index (χ3n) is 4.16. The number of nitrogens with one attached hydrogen (secondary N) is 1. The Labute approximate surface area is 106 Å². The summed E-state index contributed by atoms with van der Waals surface area (Å²) in [5.74, 6) is 1.24. The Hall–Kier alpha value is 0.270. The standard InChI is InChI=1S/C13H28N2S/c1-6-13(7-2)11-15(8-9-16-5)12(3,4)10-14-13/h14H,6-11H2,1-5H3. The molecule has 1 N–H and O–H groups in total. The maximum Gasteiger partial charge on any atom is 0.0304 e. The first-order chi connectivity index (χ1) is 7.49. The van der Waals surface area contributed by atoms with Gasteiger partial charge < -0.3 is 5.32 Å². The van der Waals surface area contributed by atoms with Gasteiger partial charge in [-0.05, 0) is 32.9 Å². The summed E-state index contributed by atoms with van der Waals surface area (Å²) in [4.78, 5) is 2.67. The van der Waals surface area contributed by atoms with E-state index >= 15 is 0 Å². The molecule has 1 fully saturated rings. The maximum absolute atomic E-state index is 3.78. The van der Waals surface area contributed by atoms with Gasteiger partial charge in [0.1, 0.15) is 0 Å². The van der Waals surface area contributed by atoms with Gasteiger partial charge in [-0.15, -0.1) is 0 Å². The van der Waals surface area contributed by atoms with Crippen LogP contribution in [0.25, 0.3) is 0 Å². The molecule has 0 aliphatic carbocycles. The lowest BCUT2D eigenvalue weighted by atomic mass is 9.85. The smallest absolute Gasteiger partial charge is 0.0304 e. The van der Waals surface area contributed by atoms with Crippen molar-refractivity contribution in [2.45, 2.75) is 51.6 Å². The molecule has 1 saturated heterocycles. The minimum atomic E-state index is 0.309. The highest BCUT2D eigenvalue weighted by molar-refractivity contribution is 7.98. The van der Waals surface area contributed by atoms with Crippen LogP contribution in [0.1, 0.15) is 40.5 Å². The number of rotatable bonds is 5. The van der Waals surface area contributed by atoms with E-state index < -0.39 is 0 Å². The Morgan fingerprint density at radius 2 is 1.88 bits per heavy atom. The Morgan fingerprint density at radius 1 is 1.25 bits per heavy atom.